The van der Waals surface area contributed by atoms with Gasteiger partial charge in [0.2, 0.25) is 0 Å². The highest BCUT2D eigenvalue weighted by Gasteiger charge is 2.26. The van der Waals surface area contributed by atoms with Crippen LogP contribution >= 0.6 is 0 Å². The third kappa shape index (κ3) is 3.89. The molecular formula is C15H21NO3. The maximum absolute atomic E-state index is 12.5. The fraction of sp³-hybridized carbons (Fsp3) is 0.467. The first-order valence-corrected chi connectivity index (χ1v) is 6.21. The molecule has 0 aliphatic heterocycles. The summed E-state index contributed by atoms with van der Waals surface area (Å²) < 4.78 is 4.65. The predicted octanol–water partition coefficient (Wildman–Crippen LogP) is 1.98. The number of carbonyl (C=O) groups is 2. The van der Waals surface area contributed by atoms with Gasteiger partial charge >= 0.3 is 5.97 Å². The topological polar surface area (TPSA) is 46.6 Å². The molecule has 0 radical (unpaired) electrons. The Morgan fingerprint density at radius 3 is 2.37 bits per heavy atom. The van der Waals surface area contributed by atoms with Crippen LogP contribution in [0, 0.1) is 13.8 Å². The van der Waals surface area contributed by atoms with Gasteiger partial charge in [-0.05, 0) is 33.5 Å². The van der Waals surface area contributed by atoms with Gasteiger partial charge in [0.25, 0.3) is 0 Å². The van der Waals surface area contributed by atoms with Crippen LogP contribution in [0.3, 0.4) is 0 Å². The quantitative estimate of drug-likeness (QED) is 0.602. The Kier molecular flexibility index (Phi) is 5.24. The highest BCUT2D eigenvalue weighted by Crippen LogP contribution is 2.16. The van der Waals surface area contributed by atoms with Crippen molar-refractivity contribution in [1.82, 2.24) is 4.90 Å². The molecule has 0 aliphatic carbocycles. The van der Waals surface area contributed by atoms with Crippen LogP contribution in [0.1, 0.15) is 27.9 Å². The molecule has 1 atom stereocenters. The molecule has 0 saturated heterocycles. The van der Waals surface area contributed by atoms with Crippen LogP contribution < -0.4 is 0 Å². The maximum atomic E-state index is 12.5. The fourth-order valence-corrected chi connectivity index (χ4v) is 2.02. The summed E-state index contributed by atoms with van der Waals surface area (Å²) in [6, 6.07) is 5.21. The van der Waals surface area contributed by atoms with Crippen molar-refractivity contribution in [2.75, 3.05) is 21.2 Å². The number of nitrogens with zero attached hydrogens (tertiary/aromatic N) is 1. The summed E-state index contributed by atoms with van der Waals surface area (Å²) in [5.41, 5.74) is 2.71. The number of ether oxygens (including phenoxy) is 1. The summed E-state index contributed by atoms with van der Waals surface area (Å²) in [4.78, 5) is 25.7. The summed E-state index contributed by atoms with van der Waals surface area (Å²) in [6.45, 7) is 3.89. The van der Waals surface area contributed by atoms with E-state index in [1.165, 1.54) is 7.11 Å². The summed E-state index contributed by atoms with van der Waals surface area (Å²) >= 11 is 0. The van der Waals surface area contributed by atoms with E-state index in [0.717, 1.165) is 11.1 Å². The SMILES string of the molecule is COC(=O)CC(C(=O)c1ccc(C)cc1C)N(C)C. The lowest BCUT2D eigenvalue weighted by molar-refractivity contribution is -0.141. The smallest absolute Gasteiger partial charge is 0.307 e. The number of likely N-dealkylation sites (N-methyl/N-ethyl adjacent to an activating group) is 1. The molecule has 0 amide bonds. The van der Waals surface area contributed by atoms with Crippen molar-refractivity contribution in [3.8, 4) is 0 Å². The molecule has 0 bridgehead atoms. The lowest BCUT2D eigenvalue weighted by atomic mass is 9.96. The molecule has 19 heavy (non-hydrogen) atoms. The Hall–Kier alpha value is -1.68. The molecule has 1 unspecified atom stereocenters. The lowest BCUT2D eigenvalue weighted by Gasteiger charge is -2.22. The van der Waals surface area contributed by atoms with Crippen LogP contribution in [-0.2, 0) is 9.53 Å². The van der Waals surface area contributed by atoms with Crippen molar-refractivity contribution in [3.05, 3.63) is 34.9 Å². The van der Waals surface area contributed by atoms with Gasteiger partial charge < -0.3 is 4.74 Å². The average Bonchev–Trinajstić information content (AvgIpc) is 2.34. The van der Waals surface area contributed by atoms with Gasteiger partial charge in [-0.15, -0.1) is 0 Å². The molecule has 4 heteroatoms. The van der Waals surface area contributed by atoms with E-state index in [-0.39, 0.29) is 18.2 Å². The number of hydrogen-bond donors (Lipinski definition) is 0. The molecule has 104 valence electrons. The normalized spacial score (nSPS) is 12.3. The summed E-state index contributed by atoms with van der Waals surface area (Å²) in [6.07, 6.45) is 0.0651. The highest BCUT2D eigenvalue weighted by atomic mass is 16.5. The van der Waals surface area contributed by atoms with Gasteiger partial charge in [0, 0.05) is 5.56 Å². The van der Waals surface area contributed by atoms with Crippen molar-refractivity contribution >= 4 is 11.8 Å². The number of methoxy groups -OCH3 is 1. The van der Waals surface area contributed by atoms with Crippen LogP contribution in [-0.4, -0.2) is 43.9 Å². The molecule has 0 heterocycles. The third-order valence-corrected chi connectivity index (χ3v) is 3.16. The van der Waals surface area contributed by atoms with E-state index >= 15 is 0 Å². The number of rotatable bonds is 5. The van der Waals surface area contributed by atoms with E-state index in [2.05, 4.69) is 4.74 Å². The maximum Gasteiger partial charge on any atom is 0.307 e. The Morgan fingerprint density at radius 1 is 1.26 bits per heavy atom. The Balaban J connectivity index is 3.02. The van der Waals surface area contributed by atoms with Gasteiger partial charge in [-0.3, -0.25) is 14.5 Å². The van der Waals surface area contributed by atoms with Crippen molar-refractivity contribution in [3.63, 3.8) is 0 Å². The first-order valence-electron chi connectivity index (χ1n) is 6.21. The van der Waals surface area contributed by atoms with Gasteiger partial charge in [0.15, 0.2) is 5.78 Å². The van der Waals surface area contributed by atoms with E-state index in [4.69, 9.17) is 0 Å². The zero-order valence-corrected chi connectivity index (χ0v) is 12.2. The molecule has 1 rings (SSSR count). The minimum atomic E-state index is -0.492. The van der Waals surface area contributed by atoms with Gasteiger partial charge in [-0.1, -0.05) is 23.8 Å². The fourth-order valence-electron chi connectivity index (χ4n) is 2.02. The van der Waals surface area contributed by atoms with Gasteiger partial charge in [0.05, 0.1) is 19.6 Å². The summed E-state index contributed by atoms with van der Waals surface area (Å²) in [5.74, 6) is -0.426. The monoisotopic (exact) mass is 263 g/mol. The van der Waals surface area contributed by atoms with Crippen LogP contribution in [0.25, 0.3) is 0 Å². The van der Waals surface area contributed by atoms with Gasteiger partial charge in [0.1, 0.15) is 0 Å². The number of esters is 1. The second-order valence-corrected chi connectivity index (χ2v) is 4.94. The van der Waals surface area contributed by atoms with E-state index in [1.807, 2.05) is 32.0 Å². The van der Waals surface area contributed by atoms with Gasteiger partial charge in [-0.25, -0.2) is 0 Å². The minimum absolute atomic E-state index is 0.0482. The van der Waals surface area contributed by atoms with Crippen molar-refractivity contribution in [2.24, 2.45) is 0 Å². The van der Waals surface area contributed by atoms with Crippen LogP contribution in [0.2, 0.25) is 0 Å². The number of carbonyl (C=O) groups excluding carboxylic acids is 2. The van der Waals surface area contributed by atoms with E-state index in [1.54, 1.807) is 19.0 Å². The van der Waals surface area contributed by atoms with Crippen LogP contribution in [0.15, 0.2) is 18.2 Å². The summed E-state index contributed by atoms with van der Waals surface area (Å²) in [7, 11) is 4.90. The van der Waals surface area contributed by atoms with Crippen molar-refractivity contribution in [1.29, 1.82) is 0 Å². The highest BCUT2D eigenvalue weighted by molar-refractivity contribution is 6.02. The zero-order valence-electron chi connectivity index (χ0n) is 12.2. The molecular weight excluding hydrogens is 242 g/mol. The number of benzene rings is 1. The molecule has 0 aliphatic rings. The second-order valence-electron chi connectivity index (χ2n) is 4.94. The second kappa shape index (κ2) is 6.48. The Labute approximate surface area is 114 Å². The number of aryl methyl sites for hydroxylation is 2. The Morgan fingerprint density at radius 2 is 1.89 bits per heavy atom. The largest absolute Gasteiger partial charge is 0.469 e. The molecule has 4 nitrogen and oxygen atoms in total. The van der Waals surface area contributed by atoms with Crippen molar-refractivity contribution < 1.29 is 14.3 Å². The first-order chi connectivity index (χ1) is 8.86. The molecule has 1 aromatic rings. The summed E-state index contributed by atoms with van der Waals surface area (Å²) in [5, 5.41) is 0. The number of hydrogen-bond acceptors (Lipinski definition) is 4. The minimum Gasteiger partial charge on any atom is -0.469 e. The lowest BCUT2D eigenvalue weighted by Crippen LogP contribution is -2.38. The molecule has 0 saturated carbocycles. The van der Waals surface area contributed by atoms with E-state index in [9.17, 15) is 9.59 Å². The molecule has 0 N–H and O–H groups in total. The van der Waals surface area contributed by atoms with E-state index in [0.29, 0.717) is 5.56 Å². The number of Topliss-reactive ketones (excluding diaryl/α,β-unsaturated/α-hetero) is 1. The predicted molar refractivity (Wildman–Crippen MR) is 74.4 cm³/mol. The average molecular weight is 263 g/mol. The van der Waals surface area contributed by atoms with Crippen LogP contribution in [0.4, 0.5) is 0 Å². The van der Waals surface area contributed by atoms with Crippen molar-refractivity contribution in [2.45, 2.75) is 26.3 Å². The standard InChI is InChI=1S/C15H21NO3/c1-10-6-7-12(11(2)8-10)15(18)13(16(3)4)9-14(17)19-5/h6-8,13H,9H2,1-5H3. The third-order valence-electron chi connectivity index (χ3n) is 3.16. The first kappa shape index (κ1) is 15.4. The molecule has 1 aromatic carbocycles. The van der Waals surface area contributed by atoms with Gasteiger partial charge in [-0.2, -0.15) is 0 Å². The Bertz CT molecular complexity index is 480. The molecule has 0 aromatic heterocycles. The van der Waals surface area contributed by atoms with Crippen LogP contribution in [0.5, 0.6) is 0 Å². The van der Waals surface area contributed by atoms with E-state index < -0.39 is 6.04 Å². The number of ketones is 1. The molecule has 0 fully saturated rings. The zero-order chi connectivity index (χ0) is 14.6. The molecule has 0 spiro atoms.